The van der Waals surface area contributed by atoms with E-state index < -0.39 is 12.1 Å². The van der Waals surface area contributed by atoms with Gasteiger partial charge in [-0.05, 0) is 58.1 Å². The first-order valence-corrected chi connectivity index (χ1v) is 11.0. The summed E-state index contributed by atoms with van der Waals surface area (Å²) in [6.45, 7) is 2.08. The number of unbranched alkanes of at least 4 members (excludes halogenated alkanes) is 1. The average Bonchev–Trinajstić information content (AvgIpc) is 2.84. The molecular weight excluding hydrogens is 400 g/mol. The molecule has 32 heavy (non-hydrogen) atoms. The minimum absolute atomic E-state index is 0.376. The van der Waals surface area contributed by atoms with Crippen LogP contribution in [0.25, 0.3) is 21.9 Å². The second-order valence-corrected chi connectivity index (χ2v) is 8.19. The van der Waals surface area contributed by atoms with E-state index in [1.165, 1.54) is 6.07 Å². The summed E-state index contributed by atoms with van der Waals surface area (Å²) in [7, 11) is 0. The van der Waals surface area contributed by atoms with Crippen LogP contribution in [0.3, 0.4) is 0 Å². The maximum atomic E-state index is 15.8. The highest BCUT2D eigenvalue weighted by atomic mass is 19.1. The summed E-state index contributed by atoms with van der Waals surface area (Å²) in [5.74, 6) is -0.792. The predicted molar refractivity (Wildman–Crippen MR) is 127 cm³/mol. The third kappa shape index (κ3) is 4.55. The van der Waals surface area contributed by atoms with E-state index in [1.807, 2.05) is 48.5 Å². The third-order valence-corrected chi connectivity index (χ3v) is 6.06. The second-order valence-electron chi connectivity index (χ2n) is 8.19. The minimum atomic E-state index is -1.22. The van der Waals surface area contributed by atoms with Crippen LogP contribution >= 0.6 is 0 Å². The minimum Gasteiger partial charge on any atom is -0.242 e. The molecule has 0 bridgehead atoms. The van der Waals surface area contributed by atoms with E-state index in [-0.39, 0.29) is 5.82 Å². The van der Waals surface area contributed by atoms with E-state index in [4.69, 9.17) is 5.26 Å². The summed E-state index contributed by atoms with van der Waals surface area (Å²) >= 11 is 0. The fourth-order valence-corrected chi connectivity index (χ4v) is 4.24. The van der Waals surface area contributed by atoms with Crippen LogP contribution in [-0.4, -0.2) is 0 Å². The molecule has 0 heterocycles. The van der Waals surface area contributed by atoms with Crippen molar-refractivity contribution in [2.45, 2.75) is 38.3 Å². The molecule has 0 fully saturated rings. The predicted octanol–water partition coefficient (Wildman–Crippen LogP) is 8.50. The van der Waals surface area contributed by atoms with Gasteiger partial charge in [-0.15, -0.1) is 0 Å². The normalized spacial score (nSPS) is 12.9. The molecule has 0 aliphatic heterocycles. The summed E-state index contributed by atoms with van der Waals surface area (Å²) in [6.07, 6.45) is 1.26. The smallest absolute Gasteiger partial charge is 0.132 e. The van der Waals surface area contributed by atoms with Gasteiger partial charge in [-0.2, -0.15) is 5.26 Å². The van der Waals surface area contributed by atoms with E-state index in [2.05, 4.69) is 13.0 Å². The topological polar surface area (TPSA) is 23.8 Å². The molecule has 1 nitrogen and oxygen atoms in total. The van der Waals surface area contributed by atoms with E-state index in [0.717, 1.165) is 23.6 Å². The molecule has 0 amide bonds. The Labute approximate surface area is 188 Å². The molecule has 0 aromatic heterocycles. The van der Waals surface area contributed by atoms with Gasteiger partial charge in [-0.3, -0.25) is 0 Å². The van der Waals surface area contributed by atoms with Crippen molar-refractivity contribution in [1.29, 1.82) is 5.26 Å². The Morgan fingerprint density at radius 1 is 0.844 bits per heavy atom. The number of halogens is 2. The lowest BCUT2D eigenvalue weighted by Gasteiger charge is -2.23. The zero-order chi connectivity index (χ0) is 22.5. The molecule has 4 aromatic carbocycles. The van der Waals surface area contributed by atoms with Crippen molar-refractivity contribution < 1.29 is 8.78 Å². The quantitative estimate of drug-likeness (QED) is 0.291. The van der Waals surface area contributed by atoms with Crippen LogP contribution < -0.4 is 0 Å². The van der Waals surface area contributed by atoms with Gasteiger partial charge in [0.15, 0.2) is 0 Å². The molecule has 0 N–H and O–H groups in total. The fourth-order valence-electron chi connectivity index (χ4n) is 4.24. The lowest BCUT2D eigenvalue weighted by atomic mass is 9.85. The summed E-state index contributed by atoms with van der Waals surface area (Å²) in [5.41, 5.74) is 2.98. The number of fused-ring (bicyclic) bond motifs is 1. The lowest BCUT2D eigenvalue weighted by Crippen LogP contribution is -2.08. The van der Waals surface area contributed by atoms with Gasteiger partial charge in [-0.25, -0.2) is 8.78 Å². The first-order chi connectivity index (χ1) is 15.6. The van der Waals surface area contributed by atoms with Crippen molar-refractivity contribution in [2.24, 2.45) is 0 Å². The van der Waals surface area contributed by atoms with Crippen LogP contribution in [0.1, 0.15) is 55.0 Å². The van der Waals surface area contributed by atoms with Gasteiger partial charge in [0.2, 0.25) is 0 Å². The van der Waals surface area contributed by atoms with Crippen LogP contribution in [0.15, 0.2) is 84.9 Å². The third-order valence-electron chi connectivity index (χ3n) is 6.06. The van der Waals surface area contributed by atoms with E-state index >= 15 is 8.78 Å². The van der Waals surface area contributed by atoms with Crippen molar-refractivity contribution in [3.8, 4) is 17.2 Å². The van der Waals surface area contributed by atoms with Gasteiger partial charge in [0.1, 0.15) is 12.0 Å². The molecule has 2 atom stereocenters. The summed E-state index contributed by atoms with van der Waals surface area (Å²) in [6, 6.07) is 27.5. The van der Waals surface area contributed by atoms with Crippen LogP contribution in [0.2, 0.25) is 0 Å². The van der Waals surface area contributed by atoms with Crippen LogP contribution in [0, 0.1) is 17.1 Å². The Morgan fingerprint density at radius 3 is 2.25 bits per heavy atom. The summed E-state index contributed by atoms with van der Waals surface area (Å²) in [5, 5.41) is 11.0. The molecule has 0 spiro atoms. The Kier molecular flexibility index (Phi) is 6.61. The van der Waals surface area contributed by atoms with E-state index in [0.29, 0.717) is 34.2 Å². The molecule has 4 rings (SSSR count). The van der Waals surface area contributed by atoms with Crippen LogP contribution in [0.5, 0.6) is 0 Å². The number of alkyl halides is 1. The van der Waals surface area contributed by atoms with Gasteiger partial charge in [0.05, 0.1) is 11.6 Å². The molecule has 0 saturated heterocycles. The summed E-state index contributed by atoms with van der Waals surface area (Å²) in [4.78, 5) is 0. The Bertz CT molecular complexity index is 1250. The standard InChI is InChI=1S/C29H25F2N/c1-2-3-8-27(29(31)25-14-13-21-6-4-5-7-23(21)17-25)24-15-16-26(28(30)18-24)22-11-9-20(19-32)10-12-22/h4-7,9-18,27,29H,2-3,8H2,1H3. The number of nitriles is 1. The lowest BCUT2D eigenvalue weighted by molar-refractivity contribution is 0.274. The van der Waals surface area contributed by atoms with Gasteiger partial charge in [0, 0.05) is 11.5 Å². The van der Waals surface area contributed by atoms with E-state index in [9.17, 15) is 0 Å². The number of hydrogen-bond donors (Lipinski definition) is 0. The maximum absolute atomic E-state index is 15.8. The van der Waals surface area contributed by atoms with Crippen LogP contribution in [-0.2, 0) is 0 Å². The van der Waals surface area contributed by atoms with Gasteiger partial charge in [0.25, 0.3) is 0 Å². The van der Waals surface area contributed by atoms with E-state index in [1.54, 1.807) is 30.3 Å². The SMILES string of the molecule is CCCCC(c1ccc(-c2ccc(C#N)cc2)c(F)c1)C(F)c1ccc2ccccc2c1. The first kappa shape index (κ1) is 21.7. The molecule has 160 valence electrons. The second kappa shape index (κ2) is 9.75. The number of nitrogens with zero attached hydrogens (tertiary/aromatic N) is 1. The van der Waals surface area contributed by atoms with Gasteiger partial charge >= 0.3 is 0 Å². The van der Waals surface area contributed by atoms with Crippen LogP contribution in [0.4, 0.5) is 8.78 Å². The highest BCUT2D eigenvalue weighted by Crippen LogP contribution is 2.40. The molecule has 0 aliphatic carbocycles. The molecule has 4 aromatic rings. The highest BCUT2D eigenvalue weighted by Gasteiger charge is 2.25. The molecular formula is C29H25F2N. The largest absolute Gasteiger partial charge is 0.242 e. The fraction of sp³-hybridized carbons (Fsp3) is 0.207. The molecule has 0 aliphatic rings. The van der Waals surface area contributed by atoms with Gasteiger partial charge in [-0.1, -0.05) is 80.4 Å². The van der Waals surface area contributed by atoms with Crippen molar-refractivity contribution in [3.05, 3.63) is 107 Å². The number of hydrogen-bond acceptors (Lipinski definition) is 1. The van der Waals surface area contributed by atoms with Gasteiger partial charge < -0.3 is 0 Å². The van der Waals surface area contributed by atoms with Crippen molar-refractivity contribution in [1.82, 2.24) is 0 Å². The van der Waals surface area contributed by atoms with Crippen molar-refractivity contribution >= 4 is 10.8 Å². The number of rotatable bonds is 7. The Hall–Kier alpha value is -3.51. The maximum Gasteiger partial charge on any atom is 0.132 e. The van der Waals surface area contributed by atoms with Crippen molar-refractivity contribution in [3.63, 3.8) is 0 Å². The number of benzene rings is 4. The highest BCUT2D eigenvalue weighted by molar-refractivity contribution is 5.83. The average molecular weight is 426 g/mol. The molecule has 0 radical (unpaired) electrons. The molecule has 0 saturated carbocycles. The molecule has 3 heteroatoms. The Morgan fingerprint density at radius 2 is 1.56 bits per heavy atom. The zero-order valence-corrected chi connectivity index (χ0v) is 18.1. The summed E-state index contributed by atoms with van der Waals surface area (Å²) < 4.78 is 30.9. The Balaban J connectivity index is 1.67. The zero-order valence-electron chi connectivity index (χ0n) is 18.1. The van der Waals surface area contributed by atoms with Crippen molar-refractivity contribution in [2.75, 3.05) is 0 Å². The monoisotopic (exact) mass is 425 g/mol. The first-order valence-electron chi connectivity index (χ1n) is 11.0. The molecule has 2 unspecified atom stereocenters.